The highest BCUT2D eigenvalue weighted by Crippen LogP contribution is 2.15. The predicted molar refractivity (Wildman–Crippen MR) is 79.3 cm³/mol. The molecule has 0 radical (unpaired) electrons. The zero-order valence-corrected chi connectivity index (χ0v) is 11.2. The lowest BCUT2D eigenvalue weighted by Crippen LogP contribution is -2.14. The summed E-state index contributed by atoms with van der Waals surface area (Å²) in [6.07, 6.45) is 1.66. The Morgan fingerprint density at radius 2 is 2.10 bits per heavy atom. The Hall–Kier alpha value is -2.64. The number of carbonyl (C=O) groups excluding carboxylic acids is 1. The normalized spacial score (nSPS) is 9.50. The quantitative estimate of drug-likeness (QED) is 0.815. The number of hydrogen-bond donors (Lipinski definition) is 2. The average molecular weight is 265 g/mol. The third kappa shape index (κ3) is 3.22. The standard InChI is InChI=1S/C16H15N3O/c1-12-14(8-5-11-18-12)16(20)19-15-9-3-2-6-13(15)7-4-10-17/h2-3,5-6,8-9,11H,10,17H2,1H3,(H,19,20). The highest BCUT2D eigenvalue weighted by atomic mass is 16.1. The van der Waals surface area contributed by atoms with Gasteiger partial charge in [-0.15, -0.1) is 0 Å². The number of amides is 1. The first-order valence-corrected chi connectivity index (χ1v) is 6.23. The molecule has 1 heterocycles. The van der Waals surface area contributed by atoms with Crippen LogP contribution in [0.25, 0.3) is 0 Å². The minimum atomic E-state index is -0.197. The van der Waals surface area contributed by atoms with Gasteiger partial charge in [-0.3, -0.25) is 9.78 Å². The molecule has 1 amide bonds. The third-order valence-electron chi connectivity index (χ3n) is 2.75. The van der Waals surface area contributed by atoms with Gasteiger partial charge in [-0.25, -0.2) is 0 Å². The summed E-state index contributed by atoms with van der Waals surface area (Å²) in [6.45, 7) is 2.08. The number of pyridine rings is 1. The smallest absolute Gasteiger partial charge is 0.257 e. The molecule has 0 aliphatic heterocycles. The zero-order chi connectivity index (χ0) is 14.4. The zero-order valence-electron chi connectivity index (χ0n) is 11.2. The SMILES string of the molecule is Cc1ncccc1C(=O)Nc1ccccc1C#CCN. The van der Waals surface area contributed by atoms with Gasteiger partial charge in [0.05, 0.1) is 17.8 Å². The summed E-state index contributed by atoms with van der Waals surface area (Å²) >= 11 is 0. The fraction of sp³-hybridized carbons (Fsp3) is 0.125. The summed E-state index contributed by atoms with van der Waals surface area (Å²) in [5, 5.41) is 2.85. The van der Waals surface area contributed by atoms with Crippen molar-refractivity contribution in [2.24, 2.45) is 5.73 Å². The summed E-state index contributed by atoms with van der Waals surface area (Å²) in [4.78, 5) is 16.3. The number of carbonyl (C=O) groups is 1. The van der Waals surface area contributed by atoms with E-state index in [1.165, 1.54) is 0 Å². The van der Waals surface area contributed by atoms with Crippen LogP contribution in [-0.4, -0.2) is 17.4 Å². The molecule has 1 aromatic carbocycles. The van der Waals surface area contributed by atoms with Crippen molar-refractivity contribution in [3.05, 3.63) is 59.4 Å². The number of rotatable bonds is 2. The Morgan fingerprint density at radius 1 is 1.30 bits per heavy atom. The van der Waals surface area contributed by atoms with Crippen molar-refractivity contribution in [1.29, 1.82) is 0 Å². The number of para-hydroxylation sites is 1. The number of benzene rings is 1. The number of hydrogen-bond acceptors (Lipinski definition) is 3. The second-order valence-electron chi connectivity index (χ2n) is 4.14. The molecule has 0 spiro atoms. The summed E-state index contributed by atoms with van der Waals surface area (Å²) in [5.41, 5.74) is 8.02. The topological polar surface area (TPSA) is 68.0 Å². The Morgan fingerprint density at radius 3 is 2.85 bits per heavy atom. The number of nitrogens with two attached hydrogens (primary N) is 1. The van der Waals surface area contributed by atoms with Crippen LogP contribution in [0.2, 0.25) is 0 Å². The molecular weight excluding hydrogens is 250 g/mol. The second-order valence-corrected chi connectivity index (χ2v) is 4.14. The van der Waals surface area contributed by atoms with E-state index in [0.717, 1.165) is 5.56 Å². The van der Waals surface area contributed by atoms with Crippen molar-refractivity contribution in [2.75, 3.05) is 11.9 Å². The maximum absolute atomic E-state index is 12.2. The van der Waals surface area contributed by atoms with Crippen LogP contribution >= 0.6 is 0 Å². The third-order valence-corrected chi connectivity index (χ3v) is 2.75. The molecule has 2 rings (SSSR count). The Labute approximate surface area is 118 Å². The molecule has 3 N–H and O–H groups in total. The van der Waals surface area contributed by atoms with Gasteiger partial charge < -0.3 is 11.1 Å². The molecule has 0 atom stereocenters. The van der Waals surface area contributed by atoms with Gasteiger partial charge >= 0.3 is 0 Å². The van der Waals surface area contributed by atoms with E-state index in [2.05, 4.69) is 22.1 Å². The maximum atomic E-state index is 12.2. The number of aromatic nitrogens is 1. The van der Waals surface area contributed by atoms with Gasteiger partial charge in [0, 0.05) is 17.5 Å². The van der Waals surface area contributed by atoms with E-state index in [9.17, 15) is 4.79 Å². The van der Waals surface area contributed by atoms with Gasteiger partial charge in [-0.1, -0.05) is 24.0 Å². The molecule has 4 heteroatoms. The summed E-state index contributed by atoms with van der Waals surface area (Å²) in [7, 11) is 0. The Bertz CT molecular complexity index is 683. The van der Waals surface area contributed by atoms with Crippen LogP contribution in [0, 0.1) is 18.8 Å². The average Bonchev–Trinajstić information content (AvgIpc) is 2.46. The molecule has 0 unspecified atom stereocenters. The van der Waals surface area contributed by atoms with Crippen molar-refractivity contribution >= 4 is 11.6 Å². The summed E-state index contributed by atoms with van der Waals surface area (Å²) in [5.74, 6) is 5.53. The van der Waals surface area contributed by atoms with Gasteiger partial charge in [0.25, 0.3) is 5.91 Å². The van der Waals surface area contributed by atoms with E-state index in [0.29, 0.717) is 16.9 Å². The first-order chi connectivity index (χ1) is 9.72. The van der Waals surface area contributed by atoms with Gasteiger partial charge in [0.15, 0.2) is 0 Å². The summed E-state index contributed by atoms with van der Waals surface area (Å²) < 4.78 is 0. The van der Waals surface area contributed by atoms with Gasteiger partial charge in [-0.05, 0) is 31.2 Å². The molecular formula is C16H15N3O. The Kier molecular flexibility index (Phi) is 4.48. The number of anilines is 1. The molecule has 1 aromatic heterocycles. The lowest BCUT2D eigenvalue weighted by Gasteiger charge is -2.08. The molecule has 0 aliphatic carbocycles. The van der Waals surface area contributed by atoms with E-state index in [1.807, 2.05) is 24.3 Å². The number of aryl methyl sites for hydroxylation is 1. The molecule has 100 valence electrons. The van der Waals surface area contributed by atoms with E-state index in [-0.39, 0.29) is 12.5 Å². The summed E-state index contributed by atoms with van der Waals surface area (Å²) in [6, 6.07) is 10.8. The van der Waals surface area contributed by atoms with Gasteiger partial charge in [0.1, 0.15) is 0 Å². The fourth-order valence-electron chi connectivity index (χ4n) is 1.76. The van der Waals surface area contributed by atoms with E-state index < -0.39 is 0 Å². The monoisotopic (exact) mass is 265 g/mol. The molecule has 2 aromatic rings. The van der Waals surface area contributed by atoms with Crippen LogP contribution in [0.1, 0.15) is 21.6 Å². The predicted octanol–water partition coefficient (Wildman–Crippen LogP) is 1.95. The van der Waals surface area contributed by atoms with E-state index >= 15 is 0 Å². The van der Waals surface area contributed by atoms with Crippen molar-refractivity contribution in [2.45, 2.75) is 6.92 Å². The number of nitrogens with zero attached hydrogens (tertiary/aromatic N) is 1. The first-order valence-electron chi connectivity index (χ1n) is 6.23. The lowest BCUT2D eigenvalue weighted by molar-refractivity contribution is 0.102. The largest absolute Gasteiger partial charge is 0.321 e. The molecule has 4 nitrogen and oxygen atoms in total. The van der Waals surface area contributed by atoms with Crippen LogP contribution in [0.3, 0.4) is 0 Å². The highest BCUT2D eigenvalue weighted by Gasteiger charge is 2.10. The van der Waals surface area contributed by atoms with Crippen LogP contribution in [-0.2, 0) is 0 Å². The van der Waals surface area contributed by atoms with Crippen LogP contribution in [0.4, 0.5) is 5.69 Å². The minimum absolute atomic E-state index is 0.197. The minimum Gasteiger partial charge on any atom is -0.321 e. The van der Waals surface area contributed by atoms with Gasteiger partial charge in [0.2, 0.25) is 0 Å². The molecule has 0 fully saturated rings. The Balaban J connectivity index is 2.27. The van der Waals surface area contributed by atoms with Crippen LogP contribution in [0.5, 0.6) is 0 Å². The first kappa shape index (κ1) is 13.8. The van der Waals surface area contributed by atoms with Crippen LogP contribution < -0.4 is 11.1 Å². The second kappa shape index (κ2) is 6.50. The van der Waals surface area contributed by atoms with Crippen molar-refractivity contribution in [1.82, 2.24) is 4.98 Å². The highest BCUT2D eigenvalue weighted by molar-refractivity contribution is 6.05. The molecule has 20 heavy (non-hydrogen) atoms. The van der Waals surface area contributed by atoms with Crippen LogP contribution in [0.15, 0.2) is 42.6 Å². The maximum Gasteiger partial charge on any atom is 0.257 e. The molecule has 0 bridgehead atoms. The van der Waals surface area contributed by atoms with E-state index in [4.69, 9.17) is 5.73 Å². The van der Waals surface area contributed by atoms with E-state index in [1.54, 1.807) is 25.3 Å². The molecule has 0 saturated carbocycles. The molecule has 0 saturated heterocycles. The van der Waals surface area contributed by atoms with Crippen molar-refractivity contribution < 1.29 is 4.79 Å². The van der Waals surface area contributed by atoms with Gasteiger partial charge in [-0.2, -0.15) is 0 Å². The lowest BCUT2D eigenvalue weighted by atomic mass is 10.1. The fourth-order valence-corrected chi connectivity index (χ4v) is 1.76. The number of nitrogens with one attached hydrogen (secondary N) is 1. The molecule has 0 aliphatic rings. The van der Waals surface area contributed by atoms with Crippen molar-refractivity contribution in [3.63, 3.8) is 0 Å². The van der Waals surface area contributed by atoms with Crippen molar-refractivity contribution in [3.8, 4) is 11.8 Å².